The summed E-state index contributed by atoms with van der Waals surface area (Å²) in [7, 11) is 0. The molecular weight excluding hydrogens is 263 g/mol. The summed E-state index contributed by atoms with van der Waals surface area (Å²) in [6, 6.07) is 0. The molecule has 0 saturated heterocycles. The number of nitrogens with one attached hydrogen (secondary N) is 1. The maximum absolute atomic E-state index is 12.5. The maximum atomic E-state index is 12.5. The zero-order chi connectivity index (χ0) is 13.0. The van der Waals surface area contributed by atoms with Crippen molar-refractivity contribution in [2.75, 3.05) is 6.54 Å². The molecule has 5 nitrogen and oxygen atoms in total. The molecule has 0 spiro atoms. The van der Waals surface area contributed by atoms with Crippen molar-refractivity contribution in [3.8, 4) is 0 Å². The van der Waals surface area contributed by atoms with Gasteiger partial charge in [-0.2, -0.15) is 8.78 Å². The predicted molar refractivity (Wildman–Crippen MR) is 48.8 cm³/mol. The van der Waals surface area contributed by atoms with E-state index in [0.29, 0.717) is 0 Å². The third-order valence-corrected chi connectivity index (χ3v) is 1.41. The van der Waals surface area contributed by atoms with Gasteiger partial charge in [-0.15, -0.1) is 0 Å². The number of alkyl carbamates (subject to hydrolysis) is 1. The summed E-state index contributed by atoms with van der Waals surface area (Å²) in [4.78, 5) is 20.9. The number of alkyl halides is 2. The molecule has 0 fully saturated rings. The Morgan fingerprint density at radius 2 is 1.76 bits per heavy atom. The van der Waals surface area contributed by atoms with E-state index in [1.165, 1.54) is 0 Å². The molecule has 0 aliphatic carbocycles. The van der Waals surface area contributed by atoms with E-state index >= 15 is 0 Å². The standard InChI is InChI=1S/C9H15F2NO4.K/c1-8(2,3)16-7(15)12-5-4-9(10,11)6(13)14;/h4-5H2,1-3H3,(H,12,15)(H,13,14);/q;+1/p-1. The second-order valence-electron chi connectivity index (χ2n) is 4.17. The van der Waals surface area contributed by atoms with Gasteiger partial charge in [-0.1, -0.05) is 0 Å². The van der Waals surface area contributed by atoms with Crippen LogP contribution in [-0.4, -0.2) is 30.1 Å². The minimum absolute atomic E-state index is 0. The van der Waals surface area contributed by atoms with Crippen molar-refractivity contribution in [3.05, 3.63) is 0 Å². The van der Waals surface area contributed by atoms with Crippen LogP contribution in [0.2, 0.25) is 0 Å². The van der Waals surface area contributed by atoms with Crippen molar-refractivity contribution in [1.29, 1.82) is 0 Å². The minimum Gasteiger partial charge on any atom is -0.544 e. The molecule has 0 aromatic rings. The van der Waals surface area contributed by atoms with E-state index in [1.807, 2.05) is 5.32 Å². The van der Waals surface area contributed by atoms with Crippen LogP contribution in [0.4, 0.5) is 13.6 Å². The number of ether oxygens (including phenoxy) is 1. The molecule has 0 aliphatic heterocycles. The van der Waals surface area contributed by atoms with Gasteiger partial charge in [-0.3, -0.25) is 0 Å². The second-order valence-corrected chi connectivity index (χ2v) is 4.17. The Labute approximate surface area is 141 Å². The fourth-order valence-corrected chi connectivity index (χ4v) is 0.738. The zero-order valence-corrected chi connectivity index (χ0v) is 13.4. The summed E-state index contributed by atoms with van der Waals surface area (Å²) in [6.45, 7) is 4.34. The van der Waals surface area contributed by atoms with E-state index in [2.05, 4.69) is 0 Å². The molecule has 0 aromatic carbocycles. The Morgan fingerprint density at radius 3 is 2.12 bits per heavy atom. The van der Waals surface area contributed by atoms with Crippen LogP contribution >= 0.6 is 0 Å². The SMILES string of the molecule is CC(C)(C)OC(=O)NCCC(F)(F)C(=O)[O-].[K+]. The zero-order valence-electron chi connectivity index (χ0n) is 10.3. The number of carbonyl (C=O) groups excluding carboxylic acids is 2. The summed E-state index contributed by atoms with van der Waals surface area (Å²) in [5, 5.41) is 11.9. The van der Waals surface area contributed by atoms with Crippen LogP contribution in [0, 0.1) is 0 Å². The Kier molecular flexibility index (Phi) is 8.78. The van der Waals surface area contributed by atoms with Crippen LogP contribution in [0.25, 0.3) is 0 Å². The number of aliphatic carboxylic acids is 1. The van der Waals surface area contributed by atoms with Crippen LogP contribution in [0.5, 0.6) is 0 Å². The van der Waals surface area contributed by atoms with Gasteiger partial charge in [0.05, 0.1) is 0 Å². The van der Waals surface area contributed by atoms with E-state index in [4.69, 9.17) is 4.74 Å². The molecule has 0 saturated carbocycles. The Hall–Kier alpha value is 0.236. The Morgan fingerprint density at radius 1 is 1.29 bits per heavy atom. The number of amides is 1. The first kappa shape index (κ1) is 19.6. The molecule has 0 aliphatic rings. The molecule has 0 rings (SSSR count). The molecule has 0 atom stereocenters. The predicted octanol–water partition coefficient (Wildman–Crippen LogP) is -2.71. The number of carbonyl (C=O) groups is 2. The summed E-state index contributed by atoms with van der Waals surface area (Å²) < 4.78 is 29.7. The van der Waals surface area contributed by atoms with Crippen LogP contribution in [-0.2, 0) is 9.53 Å². The first-order valence-corrected chi connectivity index (χ1v) is 4.61. The molecule has 0 unspecified atom stereocenters. The first-order chi connectivity index (χ1) is 7.04. The molecule has 0 heterocycles. The van der Waals surface area contributed by atoms with Gasteiger partial charge in [0.2, 0.25) is 0 Å². The number of carboxylic acid groups (broad SMARTS) is 1. The summed E-state index contributed by atoms with van der Waals surface area (Å²) in [6.07, 6.45) is -1.91. The molecule has 0 aromatic heterocycles. The molecule has 8 heteroatoms. The van der Waals surface area contributed by atoms with Gasteiger partial charge >= 0.3 is 57.5 Å². The fourth-order valence-electron chi connectivity index (χ4n) is 0.738. The van der Waals surface area contributed by atoms with Crippen molar-refractivity contribution in [1.82, 2.24) is 5.32 Å². The molecule has 1 amide bonds. The Balaban J connectivity index is 0. The third-order valence-electron chi connectivity index (χ3n) is 1.41. The quantitative estimate of drug-likeness (QED) is 0.567. The van der Waals surface area contributed by atoms with Crippen molar-refractivity contribution >= 4 is 12.1 Å². The smallest absolute Gasteiger partial charge is 0.544 e. The fraction of sp³-hybridized carbons (Fsp3) is 0.778. The second kappa shape index (κ2) is 7.62. The monoisotopic (exact) mass is 277 g/mol. The van der Waals surface area contributed by atoms with Gasteiger partial charge in [0, 0.05) is 13.0 Å². The van der Waals surface area contributed by atoms with Gasteiger partial charge in [-0.25, -0.2) is 4.79 Å². The van der Waals surface area contributed by atoms with E-state index in [0.717, 1.165) is 0 Å². The Bertz CT molecular complexity index is 279. The minimum atomic E-state index is -3.95. The van der Waals surface area contributed by atoms with Gasteiger partial charge in [0.1, 0.15) is 11.6 Å². The van der Waals surface area contributed by atoms with Crippen molar-refractivity contribution in [2.45, 2.75) is 38.7 Å². The van der Waals surface area contributed by atoms with Crippen LogP contribution in [0.3, 0.4) is 0 Å². The molecule has 1 N–H and O–H groups in total. The van der Waals surface area contributed by atoms with Crippen LogP contribution in [0.1, 0.15) is 27.2 Å². The van der Waals surface area contributed by atoms with Crippen molar-refractivity contribution in [2.24, 2.45) is 0 Å². The number of carboxylic acids is 1. The van der Waals surface area contributed by atoms with E-state index in [1.54, 1.807) is 20.8 Å². The number of hydrogen-bond donors (Lipinski definition) is 1. The molecule has 0 radical (unpaired) electrons. The van der Waals surface area contributed by atoms with Crippen LogP contribution < -0.4 is 61.8 Å². The van der Waals surface area contributed by atoms with E-state index in [9.17, 15) is 23.5 Å². The normalized spacial score (nSPS) is 11.4. The largest absolute Gasteiger partial charge is 1.00 e. The molecule has 17 heavy (non-hydrogen) atoms. The average molecular weight is 277 g/mol. The van der Waals surface area contributed by atoms with Gasteiger partial charge < -0.3 is 20.0 Å². The van der Waals surface area contributed by atoms with Crippen molar-refractivity contribution in [3.63, 3.8) is 0 Å². The molecule has 94 valence electrons. The summed E-state index contributed by atoms with van der Waals surface area (Å²) >= 11 is 0. The van der Waals surface area contributed by atoms with Gasteiger partial charge in [-0.05, 0) is 20.8 Å². The molecular formula is C9H14F2KNO4. The molecule has 0 bridgehead atoms. The number of rotatable bonds is 4. The number of halogens is 2. The first-order valence-electron chi connectivity index (χ1n) is 4.61. The summed E-state index contributed by atoms with van der Waals surface area (Å²) in [5.41, 5.74) is -0.735. The van der Waals surface area contributed by atoms with Gasteiger partial charge in [0.15, 0.2) is 0 Å². The topological polar surface area (TPSA) is 78.5 Å². The third kappa shape index (κ3) is 9.89. The van der Waals surface area contributed by atoms with E-state index in [-0.39, 0.29) is 51.4 Å². The van der Waals surface area contributed by atoms with E-state index < -0.39 is 36.6 Å². The summed E-state index contributed by atoms with van der Waals surface area (Å²) in [5.74, 6) is -6.41. The van der Waals surface area contributed by atoms with Crippen LogP contribution in [0.15, 0.2) is 0 Å². The average Bonchev–Trinajstić information content (AvgIpc) is 1.99. The maximum Gasteiger partial charge on any atom is 1.00 e. The van der Waals surface area contributed by atoms with Gasteiger partial charge in [0.25, 0.3) is 5.92 Å². The number of hydrogen-bond acceptors (Lipinski definition) is 4. The van der Waals surface area contributed by atoms with Crippen molar-refractivity contribution < 1.29 is 79.6 Å².